The third kappa shape index (κ3) is 20.9. The summed E-state index contributed by atoms with van der Waals surface area (Å²) >= 11 is 1.10. The third-order valence-electron chi connectivity index (χ3n) is 13.3. The number of Topliss-reactive ketones (excluding diaryl/α,β-unsaturated/α-hetero) is 2. The molecule has 2 aromatic rings. The summed E-state index contributed by atoms with van der Waals surface area (Å²) in [5.74, 6) is -4.88. The maximum atomic E-state index is 14.8. The van der Waals surface area contributed by atoms with Crippen LogP contribution in [0.25, 0.3) is 0 Å². The zero-order valence-corrected chi connectivity index (χ0v) is 45.7. The highest BCUT2D eigenvalue weighted by Crippen LogP contribution is 2.33. The number of anilines is 1. The number of carbonyl (C=O) groups excluding carboxylic acids is 8. The predicted octanol–water partition coefficient (Wildman–Crippen LogP) is 5.68. The predicted molar refractivity (Wildman–Crippen MR) is 280 cm³/mol. The van der Waals surface area contributed by atoms with E-state index in [-0.39, 0.29) is 106 Å². The minimum absolute atomic E-state index is 0.00952. The maximum Gasteiger partial charge on any atom is 0.309 e. The molecule has 1 aliphatic heterocycles. The van der Waals surface area contributed by atoms with Gasteiger partial charge in [-0.15, -0.1) is 11.3 Å². The largest absolute Gasteiger partial charge is 0.481 e. The lowest BCUT2D eigenvalue weighted by Gasteiger charge is -2.39. The van der Waals surface area contributed by atoms with E-state index in [2.05, 4.69) is 33.2 Å². The van der Waals surface area contributed by atoms with Crippen molar-refractivity contribution < 1.29 is 57.8 Å². The Bertz CT molecular complexity index is 2200. The number of esters is 1. The summed E-state index contributed by atoms with van der Waals surface area (Å²) in [6.07, 6.45) is 4.62. The molecule has 0 bridgehead atoms. The van der Waals surface area contributed by atoms with Crippen LogP contribution in [0.5, 0.6) is 0 Å². The Hall–Kier alpha value is -5.64. The van der Waals surface area contributed by atoms with Crippen molar-refractivity contribution in [3.05, 3.63) is 45.9 Å². The third-order valence-corrected chi connectivity index (χ3v) is 14.2. The summed E-state index contributed by atoms with van der Waals surface area (Å²) < 4.78 is 5.89. The first kappa shape index (κ1) is 62.7. The van der Waals surface area contributed by atoms with Crippen LogP contribution in [0.2, 0.25) is 0 Å². The number of amides is 5. The molecule has 1 saturated heterocycles. The molecule has 74 heavy (non-hydrogen) atoms. The molecule has 21 heteroatoms. The van der Waals surface area contributed by atoms with Gasteiger partial charge in [-0.25, -0.2) is 10.0 Å². The number of carbonyl (C=O) groups is 9. The lowest BCUT2D eigenvalue weighted by molar-refractivity contribution is -0.213. The Labute approximate surface area is 440 Å². The highest BCUT2D eigenvalue weighted by molar-refractivity contribution is 7.09. The number of carboxylic acid groups (broad SMARTS) is 1. The Morgan fingerprint density at radius 3 is 2.22 bits per heavy atom. The molecule has 2 heterocycles. The van der Waals surface area contributed by atoms with Gasteiger partial charge < -0.3 is 36.8 Å². The molecule has 0 unspecified atom stereocenters. The molecule has 0 saturated carbocycles. The number of nitrogens with zero attached hydrogens (tertiary/aromatic N) is 3. The van der Waals surface area contributed by atoms with Crippen LogP contribution in [-0.4, -0.2) is 131 Å². The molecule has 1 aromatic carbocycles. The quantitative estimate of drug-likeness (QED) is 0.0285. The van der Waals surface area contributed by atoms with Gasteiger partial charge in [0.2, 0.25) is 17.7 Å². The van der Waals surface area contributed by atoms with Gasteiger partial charge in [0, 0.05) is 56.1 Å². The number of aliphatic carboxylic acids is 1. The molecule has 3 rings (SSSR count). The number of hydroxylamine groups is 2. The lowest BCUT2D eigenvalue weighted by atomic mass is 9.84. The van der Waals surface area contributed by atoms with Crippen molar-refractivity contribution in [2.75, 3.05) is 38.6 Å². The average molecular weight is 1060 g/mol. The standard InChI is InChI=1S/C53H82N8O12S/c1-10-12-15-26-72-61(51(69)47(34(5)11-2)59-49(68)42-16-13-14-25-60(42)9)43(33(3)4)28-44(73-35(6)62)50-58-41(32-74-50)48(67)57-38(29-53(7,8)52(70)71)27-36-17-19-37(20-18-36)56-46(66)24-22-40(64)31-55-45(65)23-21-39(63)30-54/h17-20,32-34,38,42-44,47H,10-16,21-31,54H2,1-9H3,(H,55,65)(H,56,66)(H,57,67)(H,59,68)(H,70,71)/t34-,38-,42+,43+,44+,47-/m0/s1. The van der Waals surface area contributed by atoms with Crippen LogP contribution in [0.1, 0.15) is 166 Å². The highest BCUT2D eigenvalue weighted by atomic mass is 32.1. The van der Waals surface area contributed by atoms with Gasteiger partial charge in [0.25, 0.3) is 11.8 Å². The van der Waals surface area contributed by atoms with Crippen molar-refractivity contribution in [1.82, 2.24) is 30.9 Å². The van der Waals surface area contributed by atoms with Crippen molar-refractivity contribution >= 4 is 70.1 Å². The Balaban J connectivity index is 1.81. The van der Waals surface area contributed by atoms with Crippen molar-refractivity contribution in [2.24, 2.45) is 23.0 Å². The second-order valence-electron chi connectivity index (χ2n) is 20.4. The van der Waals surface area contributed by atoms with Crippen molar-refractivity contribution in [1.29, 1.82) is 0 Å². The molecule has 0 aliphatic carbocycles. The molecular weight excluding hydrogens is 973 g/mol. The Morgan fingerprint density at radius 1 is 0.932 bits per heavy atom. The summed E-state index contributed by atoms with van der Waals surface area (Å²) in [6, 6.07) is 4.12. The summed E-state index contributed by atoms with van der Waals surface area (Å²) in [4.78, 5) is 129. The van der Waals surface area contributed by atoms with Gasteiger partial charge in [-0.2, -0.15) is 0 Å². The van der Waals surface area contributed by atoms with Crippen LogP contribution < -0.4 is 27.0 Å². The van der Waals surface area contributed by atoms with Gasteiger partial charge in [0.05, 0.1) is 37.2 Å². The minimum atomic E-state index is -1.25. The molecule has 6 atom stereocenters. The van der Waals surface area contributed by atoms with Crippen LogP contribution in [0.3, 0.4) is 0 Å². The summed E-state index contributed by atoms with van der Waals surface area (Å²) in [5.41, 5.74) is 5.16. The van der Waals surface area contributed by atoms with Gasteiger partial charge in [-0.05, 0) is 89.1 Å². The molecule has 0 radical (unpaired) electrons. The summed E-state index contributed by atoms with van der Waals surface area (Å²) in [5, 5.41) is 24.5. The number of nitrogens with two attached hydrogens (primary N) is 1. The minimum Gasteiger partial charge on any atom is -0.481 e. The number of nitrogens with one attached hydrogen (secondary N) is 4. The number of likely N-dealkylation sites (tertiary alicyclic amines) is 1. The highest BCUT2D eigenvalue weighted by Gasteiger charge is 2.40. The van der Waals surface area contributed by atoms with E-state index in [1.54, 1.807) is 38.1 Å². The number of rotatable bonds is 33. The molecule has 1 aliphatic rings. The zero-order chi connectivity index (χ0) is 55.1. The van der Waals surface area contributed by atoms with Gasteiger partial charge in [0.1, 0.15) is 22.5 Å². The smallest absolute Gasteiger partial charge is 0.309 e. The van der Waals surface area contributed by atoms with E-state index in [9.17, 15) is 48.3 Å². The first-order valence-electron chi connectivity index (χ1n) is 26.0. The number of piperidine rings is 1. The fourth-order valence-electron chi connectivity index (χ4n) is 8.46. The monoisotopic (exact) mass is 1050 g/mol. The van der Waals surface area contributed by atoms with E-state index in [1.807, 2.05) is 39.6 Å². The molecule has 7 N–H and O–H groups in total. The average Bonchev–Trinajstić information content (AvgIpc) is 3.86. The van der Waals surface area contributed by atoms with E-state index in [0.717, 1.165) is 49.1 Å². The molecular formula is C53H82N8O12S. The number of hydrogen-bond donors (Lipinski definition) is 6. The second kappa shape index (κ2) is 31.3. The maximum absolute atomic E-state index is 14.8. The summed E-state index contributed by atoms with van der Waals surface area (Å²) in [7, 11) is 1.92. The van der Waals surface area contributed by atoms with E-state index >= 15 is 0 Å². The first-order chi connectivity index (χ1) is 35.0. The van der Waals surface area contributed by atoms with E-state index in [1.165, 1.54) is 17.4 Å². The number of unbranched alkanes of at least 4 members (excludes halogenated alkanes) is 2. The Kier molecular flexibility index (Phi) is 26.5. The topological polar surface area (TPSA) is 286 Å². The normalized spacial score (nSPS) is 16.0. The van der Waals surface area contributed by atoms with Gasteiger partial charge in [-0.1, -0.05) is 72.4 Å². The van der Waals surface area contributed by atoms with Crippen molar-refractivity contribution in [3.63, 3.8) is 0 Å². The fourth-order valence-corrected chi connectivity index (χ4v) is 9.30. The molecule has 5 amide bonds. The first-order valence-corrected chi connectivity index (χ1v) is 26.9. The number of ether oxygens (including phenoxy) is 1. The van der Waals surface area contributed by atoms with E-state index in [0.29, 0.717) is 30.0 Å². The van der Waals surface area contributed by atoms with Crippen LogP contribution >= 0.6 is 11.3 Å². The number of carboxylic acids is 1. The lowest BCUT2D eigenvalue weighted by Crippen LogP contribution is -2.58. The SMILES string of the molecule is CCCCCON(C(=O)[C@@H](NC(=O)[C@H]1CCCCN1C)[C@@H](C)CC)[C@H](C[C@@H](OC(C)=O)c1nc(C(=O)N[C@@H](Cc2ccc(NC(=O)CCC(=O)CNC(=O)CCC(=O)CN)cc2)CC(C)(C)C(=O)O)cs1)C(C)C. The van der Waals surface area contributed by atoms with Gasteiger partial charge >= 0.3 is 11.9 Å². The number of ketones is 2. The Morgan fingerprint density at radius 2 is 1.61 bits per heavy atom. The number of likely N-dealkylation sites (N-methyl/N-ethyl adjacent to an activating group) is 1. The second-order valence-corrected chi connectivity index (χ2v) is 21.2. The van der Waals surface area contributed by atoms with E-state index < -0.39 is 65.2 Å². The number of aromatic nitrogens is 1. The van der Waals surface area contributed by atoms with Gasteiger partial charge in [-0.3, -0.25) is 52.9 Å². The molecule has 20 nitrogen and oxygen atoms in total. The molecule has 412 valence electrons. The van der Waals surface area contributed by atoms with Crippen LogP contribution in [0.15, 0.2) is 29.6 Å². The van der Waals surface area contributed by atoms with Crippen molar-refractivity contribution in [2.45, 2.75) is 176 Å². The van der Waals surface area contributed by atoms with Gasteiger partial charge in [0.15, 0.2) is 11.9 Å². The fraction of sp³-hybridized carbons (Fsp3) is 0.660. The molecule has 0 spiro atoms. The van der Waals surface area contributed by atoms with E-state index in [4.69, 9.17) is 15.3 Å². The van der Waals surface area contributed by atoms with Crippen LogP contribution in [0, 0.1) is 17.3 Å². The number of benzene rings is 1. The van der Waals surface area contributed by atoms with Crippen molar-refractivity contribution in [3.8, 4) is 0 Å². The number of hydrogen-bond acceptors (Lipinski definition) is 15. The number of thiazole rings is 1. The van der Waals surface area contributed by atoms with Crippen LogP contribution in [0.4, 0.5) is 5.69 Å². The molecule has 1 fully saturated rings. The summed E-state index contributed by atoms with van der Waals surface area (Å²) in [6.45, 7) is 14.8. The molecule has 1 aromatic heterocycles. The van der Waals surface area contributed by atoms with Crippen LogP contribution in [-0.2, 0) is 54.4 Å². The zero-order valence-electron chi connectivity index (χ0n) is 44.9.